The fourth-order valence-electron chi connectivity index (χ4n) is 2.38. The van der Waals surface area contributed by atoms with E-state index in [0.717, 1.165) is 39.0 Å². The van der Waals surface area contributed by atoms with Crippen LogP contribution in [0.2, 0.25) is 0 Å². The minimum absolute atomic E-state index is 0.0535. The minimum atomic E-state index is -0.481. The van der Waals surface area contributed by atoms with Crippen molar-refractivity contribution in [2.24, 2.45) is 5.73 Å². The van der Waals surface area contributed by atoms with E-state index in [9.17, 15) is 9.59 Å². The van der Waals surface area contributed by atoms with E-state index in [1.165, 1.54) is 4.90 Å². The molecular weight excluding hydrogens is 208 g/mol. The zero-order valence-electron chi connectivity index (χ0n) is 9.32. The van der Waals surface area contributed by atoms with Crippen LogP contribution in [0.15, 0.2) is 0 Å². The van der Waals surface area contributed by atoms with Crippen molar-refractivity contribution in [3.8, 4) is 0 Å². The maximum Gasteiger partial charge on any atom is 0.315 e. The van der Waals surface area contributed by atoms with Crippen LogP contribution in [0.1, 0.15) is 12.8 Å². The van der Waals surface area contributed by atoms with Crippen LogP contribution in [0.5, 0.6) is 0 Å². The van der Waals surface area contributed by atoms with E-state index in [0.29, 0.717) is 6.54 Å². The summed E-state index contributed by atoms with van der Waals surface area (Å²) in [6.07, 6.45) is 1.61. The average Bonchev–Trinajstić information content (AvgIpc) is 2.78. The molecule has 0 bridgehead atoms. The number of likely N-dealkylation sites (tertiary alicyclic amines) is 1. The number of rotatable bonds is 1. The number of nitrogens with one attached hydrogen (secondary N) is 1. The van der Waals surface area contributed by atoms with Gasteiger partial charge in [0.15, 0.2) is 0 Å². The SMILES string of the molecule is NC(=O)N1CCCC1C(=O)N1CCNCC1. The Kier molecular flexibility index (Phi) is 3.28. The highest BCUT2D eigenvalue weighted by atomic mass is 16.2. The molecule has 2 aliphatic rings. The van der Waals surface area contributed by atoms with E-state index in [-0.39, 0.29) is 11.9 Å². The van der Waals surface area contributed by atoms with Crippen LogP contribution in [-0.2, 0) is 4.79 Å². The van der Waals surface area contributed by atoms with E-state index in [2.05, 4.69) is 5.32 Å². The van der Waals surface area contributed by atoms with Crippen molar-refractivity contribution >= 4 is 11.9 Å². The summed E-state index contributed by atoms with van der Waals surface area (Å²) in [4.78, 5) is 26.6. The molecule has 1 unspecified atom stereocenters. The summed E-state index contributed by atoms with van der Waals surface area (Å²) >= 11 is 0. The second kappa shape index (κ2) is 4.69. The summed E-state index contributed by atoms with van der Waals surface area (Å²) in [6.45, 7) is 3.71. The van der Waals surface area contributed by atoms with Crippen molar-refractivity contribution in [3.05, 3.63) is 0 Å². The van der Waals surface area contributed by atoms with Gasteiger partial charge in [0.1, 0.15) is 6.04 Å². The molecule has 16 heavy (non-hydrogen) atoms. The Hall–Kier alpha value is -1.30. The van der Waals surface area contributed by atoms with Gasteiger partial charge in [-0.3, -0.25) is 4.79 Å². The van der Waals surface area contributed by atoms with Gasteiger partial charge in [0, 0.05) is 32.7 Å². The maximum atomic E-state index is 12.2. The van der Waals surface area contributed by atoms with E-state index in [1.807, 2.05) is 4.90 Å². The molecule has 0 aromatic carbocycles. The molecule has 0 aromatic heterocycles. The van der Waals surface area contributed by atoms with Gasteiger partial charge in [0.25, 0.3) is 0 Å². The van der Waals surface area contributed by atoms with E-state index in [4.69, 9.17) is 5.73 Å². The molecule has 2 rings (SSSR count). The molecule has 6 nitrogen and oxygen atoms in total. The number of nitrogens with two attached hydrogens (primary N) is 1. The first-order valence-corrected chi connectivity index (χ1v) is 5.76. The normalized spacial score (nSPS) is 25.9. The standard InChI is InChI=1S/C10H18N4O2/c11-10(16)14-5-1-2-8(14)9(15)13-6-3-12-4-7-13/h8,12H,1-7H2,(H2,11,16). The molecule has 0 aliphatic carbocycles. The summed E-state index contributed by atoms with van der Waals surface area (Å²) in [5.74, 6) is 0.0535. The van der Waals surface area contributed by atoms with E-state index in [1.54, 1.807) is 0 Å². The van der Waals surface area contributed by atoms with Crippen molar-refractivity contribution in [3.63, 3.8) is 0 Å². The summed E-state index contributed by atoms with van der Waals surface area (Å²) in [6, 6.07) is -0.804. The second-order valence-corrected chi connectivity index (χ2v) is 4.26. The quantitative estimate of drug-likeness (QED) is 0.599. The number of urea groups is 1. The third-order valence-electron chi connectivity index (χ3n) is 3.25. The van der Waals surface area contributed by atoms with Gasteiger partial charge in [-0.25, -0.2) is 4.79 Å². The van der Waals surface area contributed by atoms with Crippen molar-refractivity contribution < 1.29 is 9.59 Å². The van der Waals surface area contributed by atoms with Crippen LogP contribution in [0.3, 0.4) is 0 Å². The Labute approximate surface area is 94.7 Å². The molecular formula is C10H18N4O2. The van der Waals surface area contributed by atoms with Gasteiger partial charge >= 0.3 is 6.03 Å². The van der Waals surface area contributed by atoms with Crippen LogP contribution >= 0.6 is 0 Å². The Bertz CT molecular complexity index is 289. The number of piperazine rings is 1. The fourth-order valence-corrected chi connectivity index (χ4v) is 2.38. The Morgan fingerprint density at radius 2 is 1.88 bits per heavy atom. The largest absolute Gasteiger partial charge is 0.351 e. The zero-order valence-corrected chi connectivity index (χ0v) is 9.32. The Balaban J connectivity index is 1.99. The lowest BCUT2D eigenvalue weighted by atomic mass is 10.2. The lowest BCUT2D eigenvalue weighted by molar-refractivity contribution is -0.135. The third-order valence-corrected chi connectivity index (χ3v) is 3.25. The van der Waals surface area contributed by atoms with Crippen molar-refractivity contribution in [1.29, 1.82) is 0 Å². The first kappa shape index (κ1) is 11.2. The number of carbonyl (C=O) groups excluding carboxylic acids is 2. The minimum Gasteiger partial charge on any atom is -0.351 e. The number of nitrogens with zero attached hydrogens (tertiary/aromatic N) is 2. The topological polar surface area (TPSA) is 78.7 Å². The molecule has 0 aromatic rings. The smallest absolute Gasteiger partial charge is 0.315 e. The molecule has 90 valence electrons. The molecule has 2 aliphatic heterocycles. The number of hydrogen-bond donors (Lipinski definition) is 2. The van der Waals surface area contributed by atoms with Gasteiger partial charge in [-0.2, -0.15) is 0 Å². The molecule has 2 saturated heterocycles. The second-order valence-electron chi connectivity index (χ2n) is 4.26. The molecule has 6 heteroatoms. The number of primary amides is 1. The van der Waals surface area contributed by atoms with E-state index >= 15 is 0 Å². The van der Waals surface area contributed by atoms with Gasteiger partial charge in [0.05, 0.1) is 0 Å². The van der Waals surface area contributed by atoms with Crippen LogP contribution in [0.25, 0.3) is 0 Å². The van der Waals surface area contributed by atoms with Crippen LogP contribution < -0.4 is 11.1 Å². The zero-order chi connectivity index (χ0) is 11.5. The molecule has 2 heterocycles. The fraction of sp³-hybridized carbons (Fsp3) is 0.800. The lowest BCUT2D eigenvalue weighted by Crippen LogP contribution is -2.54. The highest BCUT2D eigenvalue weighted by Gasteiger charge is 2.35. The van der Waals surface area contributed by atoms with Gasteiger partial charge in [-0.15, -0.1) is 0 Å². The van der Waals surface area contributed by atoms with Gasteiger partial charge < -0.3 is 20.9 Å². The summed E-state index contributed by atoms with van der Waals surface area (Å²) in [5, 5.41) is 3.20. The summed E-state index contributed by atoms with van der Waals surface area (Å²) in [7, 11) is 0. The van der Waals surface area contributed by atoms with Crippen molar-refractivity contribution in [2.75, 3.05) is 32.7 Å². The highest BCUT2D eigenvalue weighted by Crippen LogP contribution is 2.19. The predicted octanol–water partition coefficient (Wildman–Crippen LogP) is -1.04. The number of hydrogen-bond acceptors (Lipinski definition) is 3. The Morgan fingerprint density at radius 1 is 1.19 bits per heavy atom. The molecule has 2 fully saturated rings. The molecule has 1 atom stereocenters. The monoisotopic (exact) mass is 226 g/mol. The molecule has 0 saturated carbocycles. The predicted molar refractivity (Wildman–Crippen MR) is 58.8 cm³/mol. The van der Waals surface area contributed by atoms with Crippen molar-refractivity contribution in [1.82, 2.24) is 15.1 Å². The summed E-state index contributed by atoms with van der Waals surface area (Å²) in [5.41, 5.74) is 5.26. The van der Waals surface area contributed by atoms with Crippen LogP contribution in [0, 0.1) is 0 Å². The van der Waals surface area contributed by atoms with Gasteiger partial charge in [-0.1, -0.05) is 0 Å². The lowest BCUT2D eigenvalue weighted by Gasteiger charge is -2.32. The first-order chi connectivity index (χ1) is 7.70. The van der Waals surface area contributed by atoms with E-state index < -0.39 is 6.03 Å². The summed E-state index contributed by atoms with van der Waals surface area (Å²) < 4.78 is 0. The van der Waals surface area contributed by atoms with Crippen LogP contribution in [0.4, 0.5) is 4.79 Å². The highest BCUT2D eigenvalue weighted by molar-refractivity contribution is 5.87. The molecule has 3 amide bonds. The maximum absolute atomic E-state index is 12.2. The first-order valence-electron chi connectivity index (χ1n) is 5.76. The number of carbonyl (C=O) groups is 2. The molecule has 0 radical (unpaired) electrons. The number of amides is 3. The molecule has 3 N–H and O–H groups in total. The average molecular weight is 226 g/mol. The molecule has 0 spiro atoms. The van der Waals surface area contributed by atoms with Crippen LogP contribution in [-0.4, -0.2) is 60.5 Å². The third kappa shape index (κ3) is 2.11. The van der Waals surface area contributed by atoms with Gasteiger partial charge in [-0.05, 0) is 12.8 Å². The van der Waals surface area contributed by atoms with Crippen molar-refractivity contribution in [2.45, 2.75) is 18.9 Å². The Morgan fingerprint density at radius 3 is 2.50 bits per heavy atom. The van der Waals surface area contributed by atoms with Gasteiger partial charge in [0.2, 0.25) is 5.91 Å².